The lowest BCUT2D eigenvalue weighted by Gasteiger charge is -2.11. The highest BCUT2D eigenvalue weighted by atomic mass is 32.2. The Labute approximate surface area is 198 Å². The molecule has 2 N–H and O–H groups in total. The molecule has 5 aromatic rings. The number of nitrogens with two attached hydrogens (primary N) is 1. The van der Waals surface area contributed by atoms with Crippen molar-refractivity contribution in [2.75, 3.05) is 12.0 Å². The molecule has 0 aliphatic rings. The summed E-state index contributed by atoms with van der Waals surface area (Å²) in [5.41, 5.74) is 13.4. The van der Waals surface area contributed by atoms with Gasteiger partial charge in [0.15, 0.2) is 9.84 Å². The quantitative estimate of drug-likeness (QED) is 0.385. The Morgan fingerprint density at radius 1 is 0.765 bits per heavy atom. The Hall–Kier alpha value is -4.10. The molecule has 34 heavy (non-hydrogen) atoms. The first-order valence-electron chi connectivity index (χ1n) is 10.7. The molecule has 0 saturated heterocycles. The van der Waals surface area contributed by atoms with Crippen LogP contribution in [0.4, 0.5) is 5.82 Å². The number of rotatable bonds is 4. The fourth-order valence-electron chi connectivity index (χ4n) is 4.01. The van der Waals surface area contributed by atoms with Crippen molar-refractivity contribution in [2.45, 2.75) is 11.8 Å². The third-order valence-corrected chi connectivity index (χ3v) is 6.98. The SMILES string of the molecule is Cc1ccc(-c2ccc(-c3cc(-c4ccc(S(C)(=O)=O)cc4)cnc3N)cn2)c2cccnc12. The third kappa shape index (κ3) is 4.02. The maximum Gasteiger partial charge on any atom is 0.175 e. The van der Waals surface area contributed by atoms with Gasteiger partial charge in [-0.15, -0.1) is 0 Å². The third-order valence-electron chi connectivity index (χ3n) is 5.86. The van der Waals surface area contributed by atoms with Gasteiger partial charge in [0.05, 0.1) is 16.1 Å². The van der Waals surface area contributed by atoms with Gasteiger partial charge in [-0.25, -0.2) is 13.4 Å². The maximum absolute atomic E-state index is 11.7. The molecule has 5 rings (SSSR count). The molecule has 0 fully saturated rings. The van der Waals surface area contributed by atoms with Gasteiger partial charge in [0, 0.05) is 52.5 Å². The molecule has 7 heteroatoms. The molecule has 0 unspecified atom stereocenters. The van der Waals surface area contributed by atoms with E-state index < -0.39 is 9.84 Å². The Bertz CT molecular complexity index is 1630. The second-order valence-electron chi connectivity index (χ2n) is 8.22. The highest BCUT2D eigenvalue weighted by Crippen LogP contribution is 2.32. The number of sulfone groups is 1. The normalized spacial score (nSPS) is 11.6. The zero-order valence-electron chi connectivity index (χ0n) is 18.7. The fraction of sp³-hybridized carbons (Fsp3) is 0.0741. The van der Waals surface area contributed by atoms with Gasteiger partial charge in [0.25, 0.3) is 0 Å². The van der Waals surface area contributed by atoms with Crippen molar-refractivity contribution < 1.29 is 8.42 Å². The molecule has 3 aromatic heterocycles. The zero-order valence-corrected chi connectivity index (χ0v) is 19.5. The number of aryl methyl sites for hydroxylation is 1. The molecule has 168 valence electrons. The molecule has 0 bridgehead atoms. The maximum atomic E-state index is 11.7. The number of hydrogen-bond acceptors (Lipinski definition) is 6. The van der Waals surface area contributed by atoms with Crippen molar-refractivity contribution in [2.24, 2.45) is 0 Å². The minimum Gasteiger partial charge on any atom is -0.383 e. The molecule has 0 atom stereocenters. The lowest BCUT2D eigenvalue weighted by Crippen LogP contribution is -1.97. The van der Waals surface area contributed by atoms with E-state index in [0.29, 0.717) is 5.82 Å². The minimum atomic E-state index is -3.25. The largest absolute Gasteiger partial charge is 0.383 e. The summed E-state index contributed by atoms with van der Waals surface area (Å²) in [5, 5.41) is 1.06. The second-order valence-corrected chi connectivity index (χ2v) is 10.2. The lowest BCUT2D eigenvalue weighted by molar-refractivity contribution is 0.602. The number of anilines is 1. The fourth-order valence-corrected chi connectivity index (χ4v) is 4.64. The Morgan fingerprint density at radius 3 is 2.21 bits per heavy atom. The average molecular weight is 467 g/mol. The summed E-state index contributed by atoms with van der Waals surface area (Å²) in [4.78, 5) is 13.9. The van der Waals surface area contributed by atoms with Gasteiger partial charge in [-0.1, -0.05) is 36.4 Å². The smallest absolute Gasteiger partial charge is 0.175 e. The molecular formula is C27H22N4O2S. The van der Waals surface area contributed by atoms with Crippen molar-refractivity contribution in [1.29, 1.82) is 0 Å². The molecule has 0 aliphatic heterocycles. The molecule has 6 nitrogen and oxygen atoms in total. The van der Waals surface area contributed by atoms with E-state index in [-0.39, 0.29) is 4.90 Å². The van der Waals surface area contributed by atoms with E-state index in [1.807, 2.05) is 31.2 Å². The minimum absolute atomic E-state index is 0.276. The van der Waals surface area contributed by atoms with Gasteiger partial charge in [0.1, 0.15) is 5.82 Å². The molecule has 0 saturated carbocycles. The Balaban J connectivity index is 1.52. The number of fused-ring (bicyclic) bond motifs is 1. The van der Waals surface area contributed by atoms with Crippen molar-refractivity contribution in [1.82, 2.24) is 15.0 Å². The average Bonchev–Trinajstić information content (AvgIpc) is 2.85. The predicted molar refractivity (Wildman–Crippen MR) is 136 cm³/mol. The summed E-state index contributed by atoms with van der Waals surface area (Å²) in [6.45, 7) is 2.05. The standard InChI is InChI=1S/C27H22N4O2S/c1-17-5-11-22(23-4-3-13-29-26(17)23)25-12-8-19(15-30-25)24-14-20(16-31-27(24)28)18-6-9-21(10-7-18)34(2,32)33/h3-16H,1-2H3,(H2,28,31). The van der Waals surface area contributed by atoms with E-state index in [9.17, 15) is 8.42 Å². The molecule has 0 spiro atoms. The highest BCUT2D eigenvalue weighted by Gasteiger charge is 2.12. The monoisotopic (exact) mass is 466 g/mol. The van der Waals surface area contributed by atoms with Crippen LogP contribution in [0, 0.1) is 6.92 Å². The number of pyridine rings is 3. The van der Waals surface area contributed by atoms with Gasteiger partial charge >= 0.3 is 0 Å². The highest BCUT2D eigenvalue weighted by molar-refractivity contribution is 7.90. The van der Waals surface area contributed by atoms with Crippen LogP contribution in [-0.4, -0.2) is 29.6 Å². The van der Waals surface area contributed by atoms with Crippen LogP contribution in [0.15, 0.2) is 90.2 Å². The van der Waals surface area contributed by atoms with Gasteiger partial charge in [0.2, 0.25) is 0 Å². The van der Waals surface area contributed by atoms with Crippen LogP contribution in [0.2, 0.25) is 0 Å². The van der Waals surface area contributed by atoms with Gasteiger partial charge in [-0.05, 0) is 48.4 Å². The Kier molecular flexibility index (Phi) is 5.34. The number of nitrogens with zero attached hydrogens (tertiary/aromatic N) is 3. The van der Waals surface area contributed by atoms with Crippen LogP contribution in [-0.2, 0) is 9.84 Å². The molecular weight excluding hydrogens is 444 g/mol. The van der Waals surface area contributed by atoms with E-state index in [1.54, 1.807) is 42.9 Å². The van der Waals surface area contributed by atoms with Crippen LogP contribution >= 0.6 is 0 Å². The summed E-state index contributed by atoms with van der Waals surface area (Å²) >= 11 is 0. The molecule has 0 amide bonds. The van der Waals surface area contributed by atoms with Crippen molar-refractivity contribution in [3.8, 4) is 33.5 Å². The van der Waals surface area contributed by atoms with Crippen LogP contribution in [0.25, 0.3) is 44.4 Å². The van der Waals surface area contributed by atoms with Crippen LogP contribution in [0.3, 0.4) is 0 Å². The first-order chi connectivity index (χ1) is 16.3. The lowest BCUT2D eigenvalue weighted by atomic mass is 9.99. The van der Waals surface area contributed by atoms with E-state index in [4.69, 9.17) is 10.7 Å². The van der Waals surface area contributed by atoms with Gasteiger partial charge in [-0.2, -0.15) is 0 Å². The summed E-state index contributed by atoms with van der Waals surface area (Å²) in [7, 11) is -3.25. The van der Waals surface area contributed by atoms with E-state index >= 15 is 0 Å². The van der Waals surface area contributed by atoms with Gasteiger partial charge < -0.3 is 5.73 Å². The van der Waals surface area contributed by atoms with E-state index in [0.717, 1.165) is 50.0 Å². The number of benzene rings is 2. The number of aromatic nitrogens is 3. The summed E-state index contributed by atoms with van der Waals surface area (Å²) in [6, 6.07) is 20.7. The number of hydrogen-bond donors (Lipinski definition) is 1. The van der Waals surface area contributed by atoms with Crippen molar-refractivity contribution in [3.63, 3.8) is 0 Å². The first-order valence-corrected chi connectivity index (χ1v) is 12.6. The van der Waals surface area contributed by atoms with Gasteiger partial charge in [-0.3, -0.25) is 9.97 Å². The Morgan fingerprint density at radius 2 is 1.50 bits per heavy atom. The van der Waals surface area contributed by atoms with E-state index in [2.05, 4.69) is 28.2 Å². The molecule has 0 radical (unpaired) electrons. The predicted octanol–water partition coefficient (Wildman–Crippen LogP) is 5.32. The van der Waals surface area contributed by atoms with Crippen molar-refractivity contribution in [3.05, 3.63) is 90.9 Å². The summed E-state index contributed by atoms with van der Waals surface area (Å²) in [5.74, 6) is 0.399. The van der Waals surface area contributed by atoms with Crippen LogP contribution in [0.1, 0.15) is 5.56 Å². The van der Waals surface area contributed by atoms with Crippen LogP contribution in [0.5, 0.6) is 0 Å². The molecule has 3 heterocycles. The van der Waals surface area contributed by atoms with Crippen molar-refractivity contribution >= 4 is 26.6 Å². The number of nitrogen functional groups attached to an aromatic ring is 1. The first kappa shape index (κ1) is 21.7. The zero-order chi connectivity index (χ0) is 23.9. The summed E-state index contributed by atoms with van der Waals surface area (Å²) < 4.78 is 23.5. The molecule has 2 aromatic carbocycles. The topological polar surface area (TPSA) is 98.8 Å². The second kappa shape index (κ2) is 8.35. The summed E-state index contributed by atoms with van der Waals surface area (Å²) in [6.07, 6.45) is 6.47. The molecule has 0 aliphatic carbocycles. The van der Waals surface area contributed by atoms with Crippen LogP contribution < -0.4 is 5.73 Å². The van der Waals surface area contributed by atoms with E-state index in [1.165, 1.54) is 6.26 Å².